The fourth-order valence-corrected chi connectivity index (χ4v) is 1.68. The fraction of sp³-hybridized carbons (Fsp3) is 0.214. The Hall–Kier alpha value is -2.43. The van der Waals surface area contributed by atoms with E-state index in [1.807, 2.05) is 32.0 Å². The highest BCUT2D eigenvalue weighted by Crippen LogP contribution is 2.21. The molecule has 0 aliphatic carbocycles. The van der Waals surface area contributed by atoms with Crippen LogP contribution in [0.3, 0.4) is 0 Å². The van der Waals surface area contributed by atoms with Crippen LogP contribution in [-0.2, 0) is 6.61 Å². The third kappa shape index (κ3) is 2.88. The first-order chi connectivity index (χ1) is 9.09. The van der Waals surface area contributed by atoms with Gasteiger partial charge < -0.3 is 9.84 Å². The molecular weight excluding hydrogens is 244 g/mol. The van der Waals surface area contributed by atoms with Crippen LogP contribution in [0.25, 0.3) is 0 Å². The number of aromatic nitrogens is 2. The topological polar surface area (TPSA) is 72.3 Å². The van der Waals surface area contributed by atoms with Crippen LogP contribution in [0.1, 0.15) is 27.2 Å². The number of carbonyl (C=O) groups is 1. The molecule has 1 aromatic carbocycles. The first kappa shape index (κ1) is 13.0. The summed E-state index contributed by atoms with van der Waals surface area (Å²) in [7, 11) is 0. The van der Waals surface area contributed by atoms with Crippen molar-refractivity contribution in [2.45, 2.75) is 20.5 Å². The van der Waals surface area contributed by atoms with Crippen molar-refractivity contribution in [3.05, 3.63) is 53.1 Å². The number of aryl methyl sites for hydroxylation is 1. The van der Waals surface area contributed by atoms with Gasteiger partial charge in [0.1, 0.15) is 24.2 Å². The molecule has 0 aliphatic rings. The largest absolute Gasteiger partial charge is 0.487 e. The van der Waals surface area contributed by atoms with Crippen molar-refractivity contribution >= 4 is 5.97 Å². The van der Waals surface area contributed by atoms with Gasteiger partial charge >= 0.3 is 5.97 Å². The van der Waals surface area contributed by atoms with Crippen molar-refractivity contribution in [1.29, 1.82) is 0 Å². The number of aromatic carboxylic acids is 1. The Morgan fingerprint density at radius 2 is 2.16 bits per heavy atom. The molecule has 1 heterocycles. The van der Waals surface area contributed by atoms with Crippen LogP contribution < -0.4 is 4.74 Å². The average Bonchev–Trinajstić information content (AvgIpc) is 2.40. The van der Waals surface area contributed by atoms with E-state index >= 15 is 0 Å². The van der Waals surface area contributed by atoms with E-state index in [2.05, 4.69) is 9.97 Å². The summed E-state index contributed by atoms with van der Waals surface area (Å²) in [6.07, 6.45) is 2.59. The Morgan fingerprint density at radius 3 is 2.89 bits per heavy atom. The number of hydrogen-bond acceptors (Lipinski definition) is 4. The number of ether oxygens (including phenoxy) is 1. The smallest absolute Gasteiger partial charge is 0.339 e. The van der Waals surface area contributed by atoms with Crippen LogP contribution in [-0.4, -0.2) is 21.0 Å². The zero-order valence-electron chi connectivity index (χ0n) is 10.8. The van der Waals surface area contributed by atoms with E-state index in [4.69, 9.17) is 9.84 Å². The van der Waals surface area contributed by atoms with E-state index in [9.17, 15) is 4.79 Å². The molecule has 98 valence electrons. The van der Waals surface area contributed by atoms with Crippen LogP contribution in [0, 0.1) is 13.8 Å². The second kappa shape index (κ2) is 5.48. The van der Waals surface area contributed by atoms with Crippen LogP contribution in [0.5, 0.6) is 5.75 Å². The number of hydrogen-bond donors (Lipinski definition) is 1. The Kier molecular flexibility index (Phi) is 3.75. The molecule has 0 bridgehead atoms. The molecule has 0 radical (unpaired) electrons. The number of carboxylic acids is 1. The molecule has 2 rings (SSSR count). The van der Waals surface area contributed by atoms with Gasteiger partial charge in [0, 0.05) is 6.20 Å². The minimum Gasteiger partial charge on any atom is -0.487 e. The lowest BCUT2D eigenvalue weighted by Crippen LogP contribution is -2.09. The van der Waals surface area contributed by atoms with Crippen LogP contribution in [0.2, 0.25) is 0 Å². The number of carboxylic acid groups (broad SMARTS) is 1. The normalized spacial score (nSPS) is 10.2. The summed E-state index contributed by atoms with van der Waals surface area (Å²) < 4.78 is 5.64. The second-order valence-corrected chi connectivity index (χ2v) is 4.17. The zero-order chi connectivity index (χ0) is 13.8. The Labute approximate surface area is 110 Å². The molecule has 5 nitrogen and oxygen atoms in total. The van der Waals surface area contributed by atoms with Gasteiger partial charge in [-0.3, -0.25) is 0 Å². The van der Waals surface area contributed by atoms with Gasteiger partial charge in [-0.05, 0) is 31.0 Å². The van der Waals surface area contributed by atoms with Gasteiger partial charge in [0.2, 0.25) is 0 Å². The molecule has 0 amide bonds. The number of benzene rings is 1. The number of rotatable bonds is 4. The van der Waals surface area contributed by atoms with Gasteiger partial charge in [-0.2, -0.15) is 0 Å². The highest BCUT2D eigenvalue weighted by atomic mass is 16.5. The van der Waals surface area contributed by atoms with E-state index in [0.717, 1.165) is 16.9 Å². The predicted octanol–water partition coefficient (Wildman–Crippen LogP) is 2.37. The third-order valence-electron chi connectivity index (χ3n) is 2.94. The average molecular weight is 258 g/mol. The standard InChI is InChI=1S/C14H14N2O3/c1-9-4-3-5-13(10(9)2)19-7-12-11(14(17)18)6-15-8-16-12/h3-6,8H,7H2,1-2H3,(H,17,18). The van der Waals surface area contributed by atoms with E-state index in [1.165, 1.54) is 12.5 Å². The molecule has 0 unspecified atom stereocenters. The molecule has 0 saturated carbocycles. The lowest BCUT2D eigenvalue weighted by Gasteiger charge is -2.11. The van der Waals surface area contributed by atoms with Gasteiger partial charge in [-0.15, -0.1) is 0 Å². The fourth-order valence-electron chi connectivity index (χ4n) is 1.68. The lowest BCUT2D eigenvalue weighted by molar-refractivity contribution is 0.0692. The van der Waals surface area contributed by atoms with Crippen LogP contribution in [0.4, 0.5) is 0 Å². The Morgan fingerprint density at radius 1 is 1.37 bits per heavy atom. The molecule has 0 atom stereocenters. The minimum absolute atomic E-state index is 0.0628. The predicted molar refractivity (Wildman–Crippen MR) is 69.2 cm³/mol. The maximum atomic E-state index is 11.0. The number of nitrogens with zero attached hydrogens (tertiary/aromatic N) is 2. The molecule has 19 heavy (non-hydrogen) atoms. The molecule has 1 aromatic heterocycles. The SMILES string of the molecule is Cc1cccc(OCc2ncncc2C(=O)O)c1C. The quantitative estimate of drug-likeness (QED) is 0.911. The molecule has 0 saturated heterocycles. The first-order valence-corrected chi connectivity index (χ1v) is 5.80. The highest BCUT2D eigenvalue weighted by molar-refractivity contribution is 5.88. The van der Waals surface area contributed by atoms with Gasteiger partial charge in [-0.1, -0.05) is 12.1 Å². The summed E-state index contributed by atoms with van der Waals surface area (Å²) in [6.45, 7) is 4.06. The van der Waals surface area contributed by atoms with E-state index in [0.29, 0.717) is 5.69 Å². The second-order valence-electron chi connectivity index (χ2n) is 4.17. The van der Waals surface area contributed by atoms with Crippen molar-refractivity contribution in [2.75, 3.05) is 0 Å². The molecule has 2 aromatic rings. The molecule has 1 N–H and O–H groups in total. The van der Waals surface area contributed by atoms with Gasteiger partial charge in [0.25, 0.3) is 0 Å². The summed E-state index contributed by atoms with van der Waals surface area (Å²) in [5.74, 6) is -0.324. The van der Waals surface area contributed by atoms with E-state index < -0.39 is 5.97 Å². The van der Waals surface area contributed by atoms with Gasteiger partial charge in [0.15, 0.2) is 0 Å². The zero-order valence-corrected chi connectivity index (χ0v) is 10.8. The molecule has 0 spiro atoms. The van der Waals surface area contributed by atoms with Gasteiger partial charge in [-0.25, -0.2) is 14.8 Å². The summed E-state index contributed by atoms with van der Waals surface area (Å²) in [5, 5.41) is 9.03. The van der Waals surface area contributed by atoms with Crippen molar-refractivity contribution in [3.63, 3.8) is 0 Å². The first-order valence-electron chi connectivity index (χ1n) is 5.80. The lowest BCUT2D eigenvalue weighted by atomic mass is 10.1. The summed E-state index contributed by atoms with van der Waals surface area (Å²) >= 11 is 0. The Balaban J connectivity index is 2.19. The third-order valence-corrected chi connectivity index (χ3v) is 2.94. The Bertz CT molecular complexity index is 611. The van der Waals surface area contributed by atoms with Crippen LogP contribution >= 0.6 is 0 Å². The van der Waals surface area contributed by atoms with E-state index in [-0.39, 0.29) is 12.2 Å². The van der Waals surface area contributed by atoms with Crippen molar-refractivity contribution in [2.24, 2.45) is 0 Å². The van der Waals surface area contributed by atoms with Crippen molar-refractivity contribution in [3.8, 4) is 5.75 Å². The molecule has 5 heteroatoms. The molecule has 0 aliphatic heterocycles. The van der Waals surface area contributed by atoms with Crippen molar-refractivity contribution in [1.82, 2.24) is 9.97 Å². The van der Waals surface area contributed by atoms with Crippen LogP contribution in [0.15, 0.2) is 30.7 Å². The molecular formula is C14H14N2O3. The van der Waals surface area contributed by atoms with E-state index in [1.54, 1.807) is 0 Å². The summed E-state index contributed by atoms with van der Waals surface area (Å²) in [6, 6.07) is 5.75. The highest BCUT2D eigenvalue weighted by Gasteiger charge is 2.12. The van der Waals surface area contributed by atoms with Gasteiger partial charge in [0.05, 0.1) is 5.69 Å². The summed E-state index contributed by atoms with van der Waals surface area (Å²) in [5.41, 5.74) is 2.59. The monoisotopic (exact) mass is 258 g/mol. The maximum absolute atomic E-state index is 11.0. The molecule has 0 fully saturated rings. The maximum Gasteiger partial charge on any atom is 0.339 e. The van der Waals surface area contributed by atoms with Crippen molar-refractivity contribution < 1.29 is 14.6 Å². The minimum atomic E-state index is -1.06. The summed E-state index contributed by atoms with van der Waals surface area (Å²) in [4.78, 5) is 18.7.